The number of aryl methyl sites for hydroxylation is 1. The van der Waals surface area contributed by atoms with Crippen LogP contribution in [0.1, 0.15) is 24.8 Å². The van der Waals surface area contributed by atoms with Gasteiger partial charge in [-0.2, -0.15) is 4.31 Å². The Morgan fingerprint density at radius 1 is 0.929 bits per heavy atom. The van der Waals surface area contributed by atoms with Crippen molar-refractivity contribution in [1.29, 1.82) is 0 Å². The highest BCUT2D eigenvalue weighted by Gasteiger charge is 2.27. The highest BCUT2D eigenvalue weighted by Crippen LogP contribution is 2.26. The number of nitrogens with one attached hydrogen (secondary N) is 1. The predicted octanol–water partition coefficient (Wildman–Crippen LogP) is 2.86. The second-order valence-corrected chi connectivity index (χ2v) is 9.28. The number of sulfonamides is 1. The molecule has 1 N–H and O–H groups in total. The quantitative estimate of drug-likeness (QED) is 0.839. The maximum Gasteiger partial charge on any atom is 0.243 e. The van der Waals surface area contributed by atoms with Crippen molar-refractivity contribution in [1.82, 2.24) is 4.31 Å². The summed E-state index contributed by atoms with van der Waals surface area (Å²) in [6.07, 6.45) is 3.90. The van der Waals surface area contributed by atoms with Gasteiger partial charge in [0.2, 0.25) is 15.9 Å². The van der Waals surface area contributed by atoms with Crippen LogP contribution in [-0.4, -0.2) is 44.8 Å². The Morgan fingerprint density at radius 3 is 2.39 bits per heavy atom. The summed E-state index contributed by atoms with van der Waals surface area (Å²) in [7, 11) is -3.43. The molecule has 1 fully saturated rings. The molecular formula is C21H25N3O3S. The van der Waals surface area contributed by atoms with Gasteiger partial charge in [-0.15, -0.1) is 0 Å². The number of anilines is 2. The van der Waals surface area contributed by atoms with Crippen LogP contribution in [0.15, 0.2) is 53.4 Å². The molecule has 7 heteroatoms. The van der Waals surface area contributed by atoms with E-state index < -0.39 is 10.0 Å². The van der Waals surface area contributed by atoms with E-state index in [0.717, 1.165) is 37.9 Å². The highest BCUT2D eigenvalue weighted by molar-refractivity contribution is 7.89. The molecule has 0 aromatic heterocycles. The molecule has 2 aromatic rings. The molecule has 2 aliphatic rings. The summed E-state index contributed by atoms with van der Waals surface area (Å²) in [6, 6.07) is 14.6. The molecule has 0 spiro atoms. The van der Waals surface area contributed by atoms with E-state index in [1.807, 2.05) is 12.1 Å². The normalized spacial score (nSPS) is 17.4. The second-order valence-electron chi connectivity index (χ2n) is 7.34. The lowest BCUT2D eigenvalue weighted by molar-refractivity contribution is -0.115. The predicted molar refractivity (Wildman–Crippen MR) is 110 cm³/mol. The van der Waals surface area contributed by atoms with Gasteiger partial charge in [0, 0.05) is 31.0 Å². The topological polar surface area (TPSA) is 69.7 Å². The standard InChI is InChI=1S/C21H25N3O3S/c25-21(16-23-13-5-7-17-6-1-2-8-20(17)23)22-18-9-11-19(12-10-18)28(26,27)24-14-3-4-15-24/h1-2,6,8-12H,3-5,7,13-16H2,(H,22,25). The Hall–Kier alpha value is -2.38. The summed E-state index contributed by atoms with van der Waals surface area (Å²) in [4.78, 5) is 14.9. The zero-order chi connectivity index (χ0) is 19.6. The first kappa shape index (κ1) is 19.0. The average Bonchev–Trinajstić information content (AvgIpc) is 3.24. The number of hydrogen-bond acceptors (Lipinski definition) is 4. The molecule has 0 saturated carbocycles. The molecule has 148 valence electrons. The molecule has 0 bridgehead atoms. The molecule has 0 radical (unpaired) electrons. The van der Waals surface area contributed by atoms with Gasteiger partial charge in [0.15, 0.2) is 0 Å². The van der Waals surface area contributed by atoms with E-state index in [4.69, 9.17) is 0 Å². The van der Waals surface area contributed by atoms with Crippen LogP contribution >= 0.6 is 0 Å². The summed E-state index contributed by atoms with van der Waals surface area (Å²) in [5.74, 6) is -0.105. The first-order valence-electron chi connectivity index (χ1n) is 9.77. The first-order chi connectivity index (χ1) is 13.5. The molecule has 2 aliphatic heterocycles. The van der Waals surface area contributed by atoms with Crippen LogP contribution in [0, 0.1) is 0 Å². The maximum absolute atomic E-state index is 12.6. The monoisotopic (exact) mass is 399 g/mol. The molecular weight excluding hydrogens is 374 g/mol. The van der Waals surface area contributed by atoms with Crippen LogP contribution in [0.25, 0.3) is 0 Å². The zero-order valence-electron chi connectivity index (χ0n) is 15.8. The molecule has 2 heterocycles. The Balaban J connectivity index is 1.40. The molecule has 28 heavy (non-hydrogen) atoms. The molecule has 1 saturated heterocycles. The number of nitrogens with zero attached hydrogens (tertiary/aromatic N) is 2. The fourth-order valence-corrected chi connectivity index (χ4v) is 5.45. The third kappa shape index (κ3) is 3.91. The van der Waals surface area contributed by atoms with Crippen molar-refractivity contribution in [2.45, 2.75) is 30.6 Å². The number of amides is 1. The Labute approximate surface area is 166 Å². The largest absolute Gasteiger partial charge is 0.362 e. The summed E-state index contributed by atoms with van der Waals surface area (Å²) in [5, 5.41) is 2.88. The van der Waals surface area contributed by atoms with Crippen LogP contribution < -0.4 is 10.2 Å². The number of benzene rings is 2. The van der Waals surface area contributed by atoms with Gasteiger partial charge in [-0.05, 0) is 61.6 Å². The minimum atomic E-state index is -3.43. The van der Waals surface area contributed by atoms with E-state index in [1.54, 1.807) is 24.3 Å². The molecule has 0 atom stereocenters. The third-order valence-electron chi connectivity index (χ3n) is 5.38. The van der Waals surface area contributed by atoms with Crippen molar-refractivity contribution < 1.29 is 13.2 Å². The molecule has 0 unspecified atom stereocenters. The number of fused-ring (bicyclic) bond motifs is 1. The molecule has 2 aromatic carbocycles. The molecule has 0 aliphatic carbocycles. The Bertz CT molecular complexity index is 951. The molecule has 4 rings (SSSR count). The minimum Gasteiger partial charge on any atom is -0.362 e. The smallest absolute Gasteiger partial charge is 0.243 e. The van der Waals surface area contributed by atoms with E-state index in [-0.39, 0.29) is 17.3 Å². The van der Waals surface area contributed by atoms with Gasteiger partial charge in [-0.25, -0.2) is 8.42 Å². The number of hydrogen-bond donors (Lipinski definition) is 1. The Morgan fingerprint density at radius 2 is 1.64 bits per heavy atom. The number of rotatable bonds is 5. The van der Waals surface area contributed by atoms with Crippen molar-refractivity contribution in [3.8, 4) is 0 Å². The van der Waals surface area contributed by atoms with Gasteiger partial charge in [-0.3, -0.25) is 4.79 Å². The lowest BCUT2D eigenvalue weighted by Crippen LogP contribution is -2.36. The van der Waals surface area contributed by atoms with Crippen molar-refractivity contribution in [3.05, 3.63) is 54.1 Å². The van der Waals surface area contributed by atoms with E-state index in [1.165, 1.54) is 9.87 Å². The lowest BCUT2D eigenvalue weighted by Gasteiger charge is -2.30. The van der Waals surface area contributed by atoms with Crippen LogP contribution in [0.5, 0.6) is 0 Å². The highest BCUT2D eigenvalue weighted by atomic mass is 32.2. The lowest BCUT2D eigenvalue weighted by atomic mass is 10.0. The number of carbonyl (C=O) groups is 1. The minimum absolute atomic E-state index is 0.105. The van der Waals surface area contributed by atoms with Crippen molar-refractivity contribution in [2.24, 2.45) is 0 Å². The fourth-order valence-electron chi connectivity index (χ4n) is 3.94. The SMILES string of the molecule is O=C(CN1CCCc2ccccc21)Nc1ccc(S(=O)(=O)N2CCCC2)cc1. The van der Waals surface area contributed by atoms with Crippen LogP contribution in [0.3, 0.4) is 0 Å². The van der Waals surface area contributed by atoms with Gasteiger partial charge in [0.1, 0.15) is 0 Å². The van der Waals surface area contributed by atoms with E-state index in [9.17, 15) is 13.2 Å². The van der Waals surface area contributed by atoms with Crippen molar-refractivity contribution >= 4 is 27.3 Å². The van der Waals surface area contributed by atoms with E-state index >= 15 is 0 Å². The second kappa shape index (κ2) is 7.93. The number of para-hydroxylation sites is 1. The molecule has 1 amide bonds. The maximum atomic E-state index is 12.6. The van der Waals surface area contributed by atoms with Crippen molar-refractivity contribution in [2.75, 3.05) is 36.4 Å². The van der Waals surface area contributed by atoms with Gasteiger partial charge in [-0.1, -0.05) is 18.2 Å². The van der Waals surface area contributed by atoms with Crippen LogP contribution in [0.4, 0.5) is 11.4 Å². The number of carbonyl (C=O) groups excluding carboxylic acids is 1. The van der Waals surface area contributed by atoms with Gasteiger partial charge >= 0.3 is 0 Å². The third-order valence-corrected chi connectivity index (χ3v) is 7.29. The average molecular weight is 400 g/mol. The first-order valence-corrected chi connectivity index (χ1v) is 11.2. The van der Waals surface area contributed by atoms with Gasteiger partial charge < -0.3 is 10.2 Å². The Kier molecular flexibility index (Phi) is 5.37. The zero-order valence-corrected chi connectivity index (χ0v) is 16.6. The summed E-state index contributed by atoms with van der Waals surface area (Å²) < 4.78 is 26.7. The van der Waals surface area contributed by atoms with Gasteiger partial charge in [0.05, 0.1) is 11.4 Å². The van der Waals surface area contributed by atoms with E-state index in [0.29, 0.717) is 18.8 Å². The van der Waals surface area contributed by atoms with Gasteiger partial charge in [0.25, 0.3) is 0 Å². The van der Waals surface area contributed by atoms with Crippen molar-refractivity contribution in [3.63, 3.8) is 0 Å². The fraction of sp³-hybridized carbons (Fsp3) is 0.381. The summed E-state index contributed by atoms with van der Waals surface area (Å²) in [5.41, 5.74) is 3.00. The van der Waals surface area contributed by atoms with E-state index in [2.05, 4.69) is 22.3 Å². The van der Waals surface area contributed by atoms with Crippen LogP contribution in [0.2, 0.25) is 0 Å². The molecule has 6 nitrogen and oxygen atoms in total. The van der Waals surface area contributed by atoms with Crippen LogP contribution in [-0.2, 0) is 21.2 Å². The summed E-state index contributed by atoms with van der Waals surface area (Å²) in [6.45, 7) is 2.30. The summed E-state index contributed by atoms with van der Waals surface area (Å²) >= 11 is 0.